The van der Waals surface area contributed by atoms with Gasteiger partial charge in [0, 0.05) is 31.2 Å². The smallest absolute Gasteiger partial charge is 0.545 e. The largest absolute Gasteiger partial charge is 2.00 e. The SMILES string of the molecule is O=C([O-])c1cc(Cl)cc(Cl)c1.O=C([O-])c1cc(Cl)cc(Cl)c1.[Mg+2]. The molecule has 0 spiro atoms. The third-order valence-corrected chi connectivity index (χ3v) is 3.07. The fourth-order valence-corrected chi connectivity index (χ4v) is 2.40. The van der Waals surface area contributed by atoms with Gasteiger partial charge >= 0.3 is 23.1 Å². The van der Waals surface area contributed by atoms with Gasteiger partial charge in [-0.3, -0.25) is 0 Å². The predicted molar refractivity (Wildman–Crippen MR) is 87.3 cm³/mol. The van der Waals surface area contributed by atoms with Gasteiger partial charge in [-0.05, 0) is 36.4 Å². The number of hydrogen-bond donors (Lipinski definition) is 0. The Labute approximate surface area is 168 Å². The summed E-state index contributed by atoms with van der Waals surface area (Å²) in [7, 11) is 0. The minimum Gasteiger partial charge on any atom is -0.545 e. The number of benzene rings is 2. The van der Waals surface area contributed by atoms with Crippen molar-refractivity contribution in [2.45, 2.75) is 0 Å². The van der Waals surface area contributed by atoms with E-state index >= 15 is 0 Å². The van der Waals surface area contributed by atoms with Gasteiger partial charge in [0.05, 0.1) is 11.9 Å². The van der Waals surface area contributed by atoms with Crippen LogP contribution in [0.4, 0.5) is 0 Å². The maximum Gasteiger partial charge on any atom is 2.00 e. The molecule has 0 radical (unpaired) electrons. The van der Waals surface area contributed by atoms with Crippen LogP contribution in [-0.2, 0) is 0 Å². The second-order valence-corrected chi connectivity index (χ2v) is 5.64. The van der Waals surface area contributed by atoms with Gasteiger partial charge in [-0.1, -0.05) is 46.4 Å². The molecule has 0 atom stereocenters. The summed E-state index contributed by atoms with van der Waals surface area (Å²) in [6.45, 7) is 0. The molecule has 0 amide bonds. The first-order valence-corrected chi connectivity index (χ1v) is 7.05. The maximum absolute atomic E-state index is 10.3. The van der Waals surface area contributed by atoms with Gasteiger partial charge in [-0.2, -0.15) is 0 Å². The Bertz CT molecular complexity index is 620. The van der Waals surface area contributed by atoms with E-state index in [9.17, 15) is 19.8 Å². The van der Waals surface area contributed by atoms with Crippen molar-refractivity contribution in [2.75, 3.05) is 0 Å². The summed E-state index contributed by atoms with van der Waals surface area (Å²) in [5.74, 6) is -2.57. The molecule has 0 heterocycles. The Balaban J connectivity index is 0.000000403. The van der Waals surface area contributed by atoms with Crippen molar-refractivity contribution in [1.29, 1.82) is 0 Å². The molecule has 116 valence electrons. The maximum atomic E-state index is 10.3. The molecule has 0 aliphatic rings. The second-order valence-electron chi connectivity index (χ2n) is 3.89. The fraction of sp³-hybridized carbons (Fsp3) is 0. The van der Waals surface area contributed by atoms with E-state index in [0.29, 0.717) is 0 Å². The zero-order chi connectivity index (χ0) is 16.9. The Morgan fingerprint density at radius 2 is 0.826 bits per heavy atom. The quantitative estimate of drug-likeness (QED) is 0.720. The van der Waals surface area contributed by atoms with Gasteiger partial charge in [0.2, 0.25) is 0 Å². The molecule has 2 aromatic rings. The van der Waals surface area contributed by atoms with E-state index in [1.807, 2.05) is 0 Å². The molecule has 0 unspecified atom stereocenters. The minimum atomic E-state index is -1.28. The van der Waals surface area contributed by atoms with Gasteiger partial charge in [-0.25, -0.2) is 0 Å². The number of carboxylic acids is 2. The van der Waals surface area contributed by atoms with Gasteiger partial charge in [-0.15, -0.1) is 0 Å². The average Bonchev–Trinajstić information content (AvgIpc) is 2.37. The summed E-state index contributed by atoms with van der Waals surface area (Å²) in [6.07, 6.45) is 0. The van der Waals surface area contributed by atoms with Crippen molar-refractivity contribution in [3.63, 3.8) is 0 Å². The molecule has 4 nitrogen and oxygen atoms in total. The number of rotatable bonds is 2. The fourth-order valence-electron chi connectivity index (χ4n) is 1.34. The molecule has 0 aliphatic heterocycles. The molecular weight excluding hydrogens is 398 g/mol. The Morgan fingerprint density at radius 1 is 0.609 bits per heavy atom. The van der Waals surface area contributed by atoms with Crippen LogP contribution in [-0.4, -0.2) is 35.0 Å². The summed E-state index contributed by atoms with van der Waals surface area (Å²) in [6, 6.07) is 8.03. The third-order valence-electron chi connectivity index (χ3n) is 2.20. The van der Waals surface area contributed by atoms with Crippen molar-refractivity contribution < 1.29 is 19.8 Å². The number of carbonyl (C=O) groups excluding carboxylic acids is 2. The van der Waals surface area contributed by atoms with Crippen LogP contribution >= 0.6 is 46.4 Å². The monoisotopic (exact) mass is 402 g/mol. The van der Waals surface area contributed by atoms with Crippen molar-refractivity contribution in [3.05, 3.63) is 67.6 Å². The van der Waals surface area contributed by atoms with E-state index in [1.54, 1.807) is 0 Å². The van der Waals surface area contributed by atoms with E-state index in [1.165, 1.54) is 36.4 Å². The van der Waals surface area contributed by atoms with Crippen LogP contribution in [0.2, 0.25) is 20.1 Å². The molecule has 23 heavy (non-hydrogen) atoms. The molecule has 0 saturated heterocycles. The van der Waals surface area contributed by atoms with Crippen molar-refractivity contribution in [3.8, 4) is 0 Å². The van der Waals surface area contributed by atoms with Crippen LogP contribution in [0, 0.1) is 0 Å². The van der Waals surface area contributed by atoms with Gasteiger partial charge in [0.1, 0.15) is 0 Å². The molecule has 0 bridgehead atoms. The molecule has 0 saturated carbocycles. The second kappa shape index (κ2) is 10.2. The van der Waals surface area contributed by atoms with Crippen molar-refractivity contribution in [1.82, 2.24) is 0 Å². The topological polar surface area (TPSA) is 80.3 Å². The molecule has 2 rings (SSSR count). The molecule has 0 fully saturated rings. The number of carboxylic acid groups (broad SMARTS) is 2. The summed E-state index contributed by atoms with van der Waals surface area (Å²) >= 11 is 22.1. The zero-order valence-corrected chi connectivity index (χ0v) is 15.8. The summed E-state index contributed by atoms with van der Waals surface area (Å²) in [4.78, 5) is 20.6. The average molecular weight is 404 g/mol. The number of halogens is 4. The van der Waals surface area contributed by atoms with Crippen LogP contribution in [0.25, 0.3) is 0 Å². The normalized spacial score (nSPS) is 9.22. The standard InChI is InChI=1S/2C7H4Cl2O2.Mg/c2*8-5-1-4(7(10)11)2-6(9)3-5;/h2*1-3H,(H,10,11);/q;;+2/p-2. The molecule has 0 N–H and O–H groups in total. The Kier molecular flexibility index (Phi) is 9.92. The number of carbonyl (C=O) groups is 2. The Hall–Kier alpha value is -0.694. The first-order chi connectivity index (χ1) is 10.2. The number of hydrogen-bond acceptors (Lipinski definition) is 4. The van der Waals surface area contributed by atoms with Crippen molar-refractivity contribution in [2.24, 2.45) is 0 Å². The summed E-state index contributed by atoms with van der Waals surface area (Å²) in [5.41, 5.74) is -0.0231. The molecule has 0 aliphatic carbocycles. The minimum absolute atomic E-state index is 0. The van der Waals surface area contributed by atoms with E-state index in [2.05, 4.69) is 0 Å². The van der Waals surface area contributed by atoms with Crippen LogP contribution in [0.1, 0.15) is 20.7 Å². The molecule has 2 aromatic carbocycles. The molecule has 0 aromatic heterocycles. The zero-order valence-electron chi connectivity index (χ0n) is 11.3. The Morgan fingerprint density at radius 3 is 1.00 bits per heavy atom. The van der Waals surface area contributed by atoms with Crippen LogP contribution < -0.4 is 10.2 Å². The van der Waals surface area contributed by atoms with E-state index < -0.39 is 11.9 Å². The van der Waals surface area contributed by atoms with Gasteiger partial charge < -0.3 is 19.8 Å². The first kappa shape index (κ1) is 22.3. The molecule has 9 heteroatoms. The van der Waals surface area contributed by atoms with Crippen LogP contribution in [0.5, 0.6) is 0 Å². The number of aromatic carboxylic acids is 2. The van der Waals surface area contributed by atoms with Crippen LogP contribution in [0.15, 0.2) is 36.4 Å². The summed E-state index contributed by atoms with van der Waals surface area (Å²) < 4.78 is 0. The van der Waals surface area contributed by atoms with E-state index in [4.69, 9.17) is 46.4 Å². The van der Waals surface area contributed by atoms with Crippen molar-refractivity contribution >= 4 is 81.4 Å². The predicted octanol–water partition coefficient (Wildman–Crippen LogP) is 2.33. The van der Waals surface area contributed by atoms with Gasteiger partial charge in [0.25, 0.3) is 0 Å². The third kappa shape index (κ3) is 8.10. The van der Waals surface area contributed by atoms with E-state index in [0.717, 1.165) is 0 Å². The summed E-state index contributed by atoms with van der Waals surface area (Å²) in [5, 5.41) is 21.7. The molecular formula is C14H6Cl4MgO4. The van der Waals surface area contributed by atoms with E-state index in [-0.39, 0.29) is 54.3 Å². The van der Waals surface area contributed by atoms with Crippen LogP contribution in [0.3, 0.4) is 0 Å². The first-order valence-electron chi connectivity index (χ1n) is 5.54. The van der Waals surface area contributed by atoms with Gasteiger partial charge in [0.15, 0.2) is 0 Å².